The maximum Gasteiger partial charge on any atom is 0.279 e. The number of anilines is 1. The summed E-state index contributed by atoms with van der Waals surface area (Å²) >= 11 is 0. The molecule has 1 heterocycles. The fourth-order valence-corrected chi connectivity index (χ4v) is 3.04. The van der Waals surface area contributed by atoms with Gasteiger partial charge in [0, 0.05) is 5.69 Å². The molecule has 1 aromatic rings. The van der Waals surface area contributed by atoms with E-state index >= 15 is 0 Å². The van der Waals surface area contributed by atoms with E-state index in [4.69, 9.17) is 5.73 Å². The number of quaternary nitrogens is 1. The molecule has 2 rings (SSSR count). The van der Waals surface area contributed by atoms with Gasteiger partial charge in [0.05, 0.1) is 19.0 Å². The third kappa shape index (κ3) is 5.06. The average molecular weight is 318 g/mol. The summed E-state index contributed by atoms with van der Waals surface area (Å²) in [6.07, 6.45) is 1.78. The molecule has 1 fully saturated rings. The number of benzene rings is 1. The van der Waals surface area contributed by atoms with Crippen LogP contribution in [0.3, 0.4) is 0 Å². The molecule has 1 saturated heterocycles. The summed E-state index contributed by atoms with van der Waals surface area (Å²) < 4.78 is 0. The molecular weight excluding hydrogens is 290 g/mol. The molecule has 0 spiro atoms. The number of nitrogens with two attached hydrogens (primary N) is 1. The number of primary amides is 1. The van der Waals surface area contributed by atoms with Gasteiger partial charge in [0.1, 0.15) is 0 Å². The maximum atomic E-state index is 12.2. The highest BCUT2D eigenvalue weighted by Gasteiger charge is 2.28. The Labute approximate surface area is 138 Å². The molecule has 23 heavy (non-hydrogen) atoms. The standard InChI is InChI=1S/C18H27N3O2/c1-18(2,3)14-6-8-15(9-7-14)20-16(22)12-21-10-4-5-13(11-21)17(19)23/h6-9,13H,4-5,10-12H2,1-3H3,(H2,19,23)(H,20,22)/p+1/t13-/m1/s1. The van der Waals surface area contributed by atoms with Crippen molar-refractivity contribution in [2.24, 2.45) is 11.7 Å². The van der Waals surface area contributed by atoms with Crippen molar-refractivity contribution >= 4 is 17.5 Å². The Morgan fingerprint density at radius 1 is 1.26 bits per heavy atom. The maximum absolute atomic E-state index is 12.2. The molecule has 0 radical (unpaired) electrons. The van der Waals surface area contributed by atoms with Crippen LogP contribution in [0.25, 0.3) is 0 Å². The van der Waals surface area contributed by atoms with Crippen molar-refractivity contribution in [3.05, 3.63) is 29.8 Å². The number of hydrogen-bond acceptors (Lipinski definition) is 2. The van der Waals surface area contributed by atoms with Crippen LogP contribution < -0.4 is 16.0 Å². The van der Waals surface area contributed by atoms with Crippen molar-refractivity contribution < 1.29 is 14.5 Å². The third-order valence-electron chi connectivity index (χ3n) is 4.47. The van der Waals surface area contributed by atoms with E-state index in [-0.39, 0.29) is 23.1 Å². The summed E-state index contributed by atoms with van der Waals surface area (Å²) in [6.45, 7) is 8.44. The predicted octanol–water partition coefficient (Wildman–Crippen LogP) is 0.703. The van der Waals surface area contributed by atoms with E-state index in [9.17, 15) is 9.59 Å². The highest BCUT2D eigenvalue weighted by molar-refractivity contribution is 5.91. The first-order valence-corrected chi connectivity index (χ1v) is 8.29. The lowest BCUT2D eigenvalue weighted by Crippen LogP contribution is -3.14. The lowest BCUT2D eigenvalue weighted by molar-refractivity contribution is -0.899. The number of amides is 2. The van der Waals surface area contributed by atoms with Gasteiger partial charge in [-0.1, -0.05) is 32.9 Å². The highest BCUT2D eigenvalue weighted by atomic mass is 16.2. The molecule has 4 N–H and O–H groups in total. The van der Waals surface area contributed by atoms with Crippen molar-refractivity contribution in [1.29, 1.82) is 0 Å². The zero-order valence-electron chi connectivity index (χ0n) is 14.3. The number of piperidine rings is 1. The van der Waals surface area contributed by atoms with E-state index in [0.29, 0.717) is 13.1 Å². The quantitative estimate of drug-likeness (QED) is 0.764. The van der Waals surface area contributed by atoms with Gasteiger partial charge >= 0.3 is 0 Å². The van der Waals surface area contributed by atoms with Crippen molar-refractivity contribution in [2.45, 2.75) is 39.0 Å². The zero-order valence-corrected chi connectivity index (χ0v) is 14.3. The van der Waals surface area contributed by atoms with Crippen LogP contribution in [0.2, 0.25) is 0 Å². The summed E-state index contributed by atoms with van der Waals surface area (Å²) in [6, 6.07) is 7.98. The SMILES string of the molecule is CC(C)(C)c1ccc(NC(=O)C[NH+]2CCC[C@@H](C(N)=O)C2)cc1. The van der Waals surface area contributed by atoms with Gasteiger partial charge in [0.2, 0.25) is 5.91 Å². The van der Waals surface area contributed by atoms with Crippen LogP contribution in [-0.2, 0) is 15.0 Å². The van der Waals surface area contributed by atoms with E-state index in [1.807, 2.05) is 24.3 Å². The lowest BCUT2D eigenvalue weighted by Gasteiger charge is -2.27. The van der Waals surface area contributed by atoms with Crippen LogP contribution in [-0.4, -0.2) is 31.4 Å². The highest BCUT2D eigenvalue weighted by Crippen LogP contribution is 2.23. The molecule has 1 aliphatic rings. The van der Waals surface area contributed by atoms with Crippen molar-refractivity contribution in [1.82, 2.24) is 0 Å². The van der Waals surface area contributed by atoms with E-state index < -0.39 is 0 Å². The molecule has 0 aliphatic carbocycles. The van der Waals surface area contributed by atoms with Gasteiger partial charge < -0.3 is 16.0 Å². The number of rotatable bonds is 4. The number of carbonyl (C=O) groups is 2. The smallest absolute Gasteiger partial charge is 0.279 e. The molecular formula is C18H28N3O2+. The van der Waals surface area contributed by atoms with Gasteiger partial charge in [0.25, 0.3) is 5.91 Å². The number of nitrogens with one attached hydrogen (secondary N) is 2. The minimum atomic E-state index is -0.250. The third-order valence-corrected chi connectivity index (χ3v) is 4.47. The minimum Gasteiger partial charge on any atom is -0.369 e. The summed E-state index contributed by atoms with van der Waals surface area (Å²) in [5.41, 5.74) is 7.53. The van der Waals surface area contributed by atoms with Crippen molar-refractivity contribution in [3.63, 3.8) is 0 Å². The van der Waals surface area contributed by atoms with Crippen LogP contribution in [0, 0.1) is 5.92 Å². The first kappa shape index (κ1) is 17.5. The normalized spacial score (nSPS) is 21.7. The van der Waals surface area contributed by atoms with Crippen LogP contribution in [0.4, 0.5) is 5.69 Å². The van der Waals surface area contributed by atoms with Crippen molar-refractivity contribution in [2.75, 3.05) is 25.0 Å². The molecule has 1 aromatic carbocycles. The Hall–Kier alpha value is -1.88. The van der Waals surface area contributed by atoms with Crippen LogP contribution in [0.5, 0.6) is 0 Å². The van der Waals surface area contributed by atoms with Gasteiger partial charge in [-0.25, -0.2) is 0 Å². The summed E-state index contributed by atoms with van der Waals surface area (Å²) in [5, 5.41) is 2.94. The van der Waals surface area contributed by atoms with E-state index in [0.717, 1.165) is 30.0 Å². The lowest BCUT2D eigenvalue weighted by atomic mass is 9.87. The van der Waals surface area contributed by atoms with Gasteiger partial charge in [-0.2, -0.15) is 0 Å². The summed E-state index contributed by atoms with van der Waals surface area (Å²) in [5.74, 6) is -0.369. The summed E-state index contributed by atoms with van der Waals surface area (Å²) in [7, 11) is 0. The van der Waals surface area contributed by atoms with Crippen LogP contribution >= 0.6 is 0 Å². The topological polar surface area (TPSA) is 76.6 Å². The predicted molar refractivity (Wildman–Crippen MR) is 91.3 cm³/mol. The second-order valence-electron chi connectivity index (χ2n) is 7.50. The Kier molecular flexibility index (Phi) is 5.42. The largest absolute Gasteiger partial charge is 0.369 e. The second kappa shape index (κ2) is 7.13. The molecule has 126 valence electrons. The molecule has 0 saturated carbocycles. The van der Waals surface area contributed by atoms with Gasteiger partial charge in [-0.3, -0.25) is 9.59 Å². The average Bonchev–Trinajstić information content (AvgIpc) is 2.47. The molecule has 0 bridgehead atoms. The Balaban J connectivity index is 1.88. The number of hydrogen-bond donors (Lipinski definition) is 3. The van der Waals surface area contributed by atoms with Gasteiger partial charge in [-0.05, 0) is 36.0 Å². The molecule has 5 heteroatoms. The van der Waals surface area contributed by atoms with Crippen molar-refractivity contribution in [3.8, 4) is 0 Å². The van der Waals surface area contributed by atoms with Gasteiger partial charge in [-0.15, -0.1) is 0 Å². The molecule has 2 atom stereocenters. The fraction of sp³-hybridized carbons (Fsp3) is 0.556. The van der Waals surface area contributed by atoms with Gasteiger partial charge in [0.15, 0.2) is 6.54 Å². The molecule has 0 aromatic heterocycles. The minimum absolute atomic E-state index is 0.0198. The monoisotopic (exact) mass is 318 g/mol. The second-order valence-corrected chi connectivity index (χ2v) is 7.50. The van der Waals surface area contributed by atoms with Crippen LogP contribution in [0.1, 0.15) is 39.2 Å². The molecule has 2 amide bonds. The number of likely N-dealkylation sites (tertiary alicyclic amines) is 1. The first-order chi connectivity index (χ1) is 10.8. The van der Waals surface area contributed by atoms with E-state index in [1.165, 1.54) is 5.56 Å². The van der Waals surface area contributed by atoms with E-state index in [1.54, 1.807) is 0 Å². The summed E-state index contributed by atoms with van der Waals surface area (Å²) in [4.78, 5) is 24.6. The Morgan fingerprint density at radius 2 is 1.91 bits per heavy atom. The first-order valence-electron chi connectivity index (χ1n) is 8.29. The fourth-order valence-electron chi connectivity index (χ4n) is 3.04. The molecule has 1 unspecified atom stereocenters. The number of carbonyl (C=O) groups excluding carboxylic acids is 2. The van der Waals surface area contributed by atoms with E-state index in [2.05, 4.69) is 26.1 Å². The Morgan fingerprint density at radius 3 is 2.48 bits per heavy atom. The molecule has 1 aliphatic heterocycles. The molecule has 5 nitrogen and oxygen atoms in total. The Bertz CT molecular complexity index is 561. The zero-order chi connectivity index (χ0) is 17.0. The van der Waals surface area contributed by atoms with Crippen LogP contribution in [0.15, 0.2) is 24.3 Å².